The van der Waals surface area contributed by atoms with Crippen LogP contribution in [0.2, 0.25) is 0 Å². The standard InChI is InChI=1S/C19H29NO2S2/c1-2-16(14-21)17(12-19-23-9-6-10-24-19)11-18(22)20-13-15-7-4-3-5-8-15/h3-5,7-8,16-17,19,21H,2,6,9-14H2,1H3,(H,20,22)/t16-,17+/m1/s1. The van der Waals surface area contributed by atoms with Gasteiger partial charge in [0.1, 0.15) is 0 Å². The van der Waals surface area contributed by atoms with E-state index in [1.54, 1.807) is 0 Å². The van der Waals surface area contributed by atoms with Crippen molar-refractivity contribution in [3.05, 3.63) is 35.9 Å². The van der Waals surface area contributed by atoms with E-state index in [-0.39, 0.29) is 24.3 Å². The fourth-order valence-corrected chi connectivity index (χ4v) is 6.14. The van der Waals surface area contributed by atoms with Gasteiger partial charge in [-0.15, -0.1) is 23.5 Å². The van der Waals surface area contributed by atoms with Gasteiger partial charge in [-0.05, 0) is 41.7 Å². The van der Waals surface area contributed by atoms with Crippen molar-refractivity contribution in [1.29, 1.82) is 0 Å². The quantitative estimate of drug-likeness (QED) is 0.695. The average molecular weight is 368 g/mol. The zero-order valence-electron chi connectivity index (χ0n) is 14.4. The van der Waals surface area contributed by atoms with Crippen LogP contribution in [0.4, 0.5) is 0 Å². The number of aliphatic hydroxyl groups is 1. The summed E-state index contributed by atoms with van der Waals surface area (Å²) in [6.07, 6.45) is 3.75. The largest absolute Gasteiger partial charge is 0.396 e. The first-order valence-electron chi connectivity index (χ1n) is 8.87. The number of amides is 1. The number of hydrogen-bond acceptors (Lipinski definition) is 4. The third kappa shape index (κ3) is 6.69. The molecule has 1 aliphatic heterocycles. The molecule has 2 rings (SSSR count). The Hall–Kier alpha value is -0.650. The van der Waals surface area contributed by atoms with Gasteiger partial charge in [-0.1, -0.05) is 43.7 Å². The van der Waals surface area contributed by atoms with E-state index in [1.807, 2.05) is 53.9 Å². The zero-order valence-corrected chi connectivity index (χ0v) is 16.1. The lowest BCUT2D eigenvalue weighted by molar-refractivity contribution is -0.122. The molecule has 1 aromatic rings. The van der Waals surface area contributed by atoms with E-state index >= 15 is 0 Å². The van der Waals surface area contributed by atoms with Gasteiger partial charge in [-0.25, -0.2) is 0 Å². The van der Waals surface area contributed by atoms with Gasteiger partial charge in [0.15, 0.2) is 0 Å². The lowest BCUT2D eigenvalue weighted by atomic mass is 9.85. The number of rotatable bonds is 9. The SMILES string of the molecule is CC[C@H](CO)[C@@H](CC(=O)NCc1ccccc1)CC1SCCCS1. The average Bonchev–Trinajstić information content (AvgIpc) is 2.63. The molecule has 134 valence electrons. The molecule has 0 unspecified atom stereocenters. The monoisotopic (exact) mass is 367 g/mol. The predicted octanol–water partition coefficient (Wildman–Crippen LogP) is 3.91. The maximum absolute atomic E-state index is 12.4. The molecule has 1 amide bonds. The minimum Gasteiger partial charge on any atom is -0.396 e. The van der Waals surface area contributed by atoms with E-state index in [2.05, 4.69) is 12.2 Å². The van der Waals surface area contributed by atoms with Gasteiger partial charge in [0.2, 0.25) is 5.91 Å². The van der Waals surface area contributed by atoms with Gasteiger partial charge in [0, 0.05) is 19.6 Å². The molecule has 0 radical (unpaired) electrons. The molecular formula is C19H29NO2S2. The number of thioether (sulfide) groups is 2. The first-order chi connectivity index (χ1) is 11.7. The molecule has 0 saturated carbocycles. The highest BCUT2D eigenvalue weighted by molar-refractivity contribution is 8.17. The maximum Gasteiger partial charge on any atom is 0.220 e. The van der Waals surface area contributed by atoms with Crippen LogP contribution >= 0.6 is 23.5 Å². The Balaban J connectivity index is 1.87. The molecule has 1 aromatic carbocycles. The van der Waals surface area contributed by atoms with Gasteiger partial charge >= 0.3 is 0 Å². The van der Waals surface area contributed by atoms with Crippen molar-refractivity contribution in [3.8, 4) is 0 Å². The Morgan fingerprint density at radius 3 is 2.58 bits per heavy atom. The molecule has 24 heavy (non-hydrogen) atoms. The first-order valence-corrected chi connectivity index (χ1v) is 11.0. The summed E-state index contributed by atoms with van der Waals surface area (Å²) in [6.45, 7) is 2.86. The number of carbonyl (C=O) groups is 1. The fraction of sp³-hybridized carbons (Fsp3) is 0.632. The maximum atomic E-state index is 12.4. The molecule has 5 heteroatoms. The topological polar surface area (TPSA) is 49.3 Å². The highest BCUT2D eigenvalue weighted by atomic mass is 32.2. The summed E-state index contributed by atoms with van der Waals surface area (Å²) in [6, 6.07) is 10.0. The van der Waals surface area contributed by atoms with Crippen molar-refractivity contribution in [2.75, 3.05) is 18.1 Å². The van der Waals surface area contributed by atoms with Gasteiger partial charge in [0.05, 0.1) is 4.58 Å². The van der Waals surface area contributed by atoms with E-state index in [4.69, 9.17) is 0 Å². The van der Waals surface area contributed by atoms with Gasteiger partial charge in [-0.2, -0.15) is 0 Å². The molecule has 2 N–H and O–H groups in total. The Kier molecular flexibility index (Phi) is 9.07. The summed E-state index contributed by atoms with van der Waals surface area (Å²) in [7, 11) is 0. The lowest BCUT2D eigenvalue weighted by Gasteiger charge is -2.29. The van der Waals surface area contributed by atoms with Crippen molar-refractivity contribution in [2.24, 2.45) is 11.8 Å². The van der Waals surface area contributed by atoms with E-state index in [9.17, 15) is 9.90 Å². The molecule has 0 bridgehead atoms. The number of nitrogens with one attached hydrogen (secondary N) is 1. The van der Waals surface area contributed by atoms with Crippen molar-refractivity contribution in [1.82, 2.24) is 5.32 Å². The molecule has 1 heterocycles. The number of benzene rings is 1. The Bertz CT molecular complexity index is 474. The first kappa shape index (κ1) is 19.7. The normalized spacial score (nSPS) is 18.1. The predicted molar refractivity (Wildman–Crippen MR) is 105 cm³/mol. The second-order valence-corrected chi connectivity index (χ2v) is 9.26. The Morgan fingerprint density at radius 2 is 1.96 bits per heavy atom. The number of carbonyl (C=O) groups excluding carboxylic acids is 1. The third-order valence-corrected chi connectivity index (χ3v) is 7.59. The zero-order chi connectivity index (χ0) is 17.2. The van der Waals surface area contributed by atoms with Gasteiger partial charge in [0.25, 0.3) is 0 Å². The van der Waals surface area contributed by atoms with Crippen LogP contribution in [0.5, 0.6) is 0 Å². The van der Waals surface area contributed by atoms with Crippen LogP contribution in [-0.2, 0) is 11.3 Å². The Labute approximate surface area is 154 Å². The number of hydrogen-bond donors (Lipinski definition) is 2. The van der Waals surface area contributed by atoms with Crippen LogP contribution in [0.1, 0.15) is 38.2 Å². The molecule has 2 atom stereocenters. The van der Waals surface area contributed by atoms with Gasteiger partial charge in [-0.3, -0.25) is 4.79 Å². The Morgan fingerprint density at radius 1 is 1.25 bits per heavy atom. The number of aliphatic hydroxyl groups excluding tert-OH is 1. The second-order valence-electron chi connectivity index (χ2n) is 6.34. The summed E-state index contributed by atoms with van der Waals surface area (Å²) in [4.78, 5) is 12.4. The molecule has 1 saturated heterocycles. The molecule has 1 fully saturated rings. The van der Waals surface area contributed by atoms with Crippen molar-refractivity contribution >= 4 is 29.4 Å². The van der Waals surface area contributed by atoms with Crippen LogP contribution in [0.3, 0.4) is 0 Å². The van der Waals surface area contributed by atoms with Crippen LogP contribution in [0, 0.1) is 11.8 Å². The minimum absolute atomic E-state index is 0.0987. The molecule has 0 spiro atoms. The van der Waals surface area contributed by atoms with Crippen LogP contribution < -0.4 is 5.32 Å². The summed E-state index contributed by atoms with van der Waals surface area (Å²) >= 11 is 4.03. The molecule has 3 nitrogen and oxygen atoms in total. The van der Waals surface area contributed by atoms with Crippen LogP contribution in [0.15, 0.2) is 30.3 Å². The molecule has 1 aliphatic rings. The highest BCUT2D eigenvalue weighted by Crippen LogP contribution is 2.38. The summed E-state index contributed by atoms with van der Waals surface area (Å²) in [5.41, 5.74) is 1.12. The summed E-state index contributed by atoms with van der Waals surface area (Å²) in [5, 5.41) is 12.7. The third-order valence-electron chi connectivity index (χ3n) is 4.60. The minimum atomic E-state index is 0.0987. The van der Waals surface area contributed by atoms with E-state index in [1.165, 1.54) is 17.9 Å². The lowest BCUT2D eigenvalue weighted by Crippen LogP contribution is -2.30. The highest BCUT2D eigenvalue weighted by Gasteiger charge is 2.27. The van der Waals surface area contributed by atoms with E-state index < -0.39 is 0 Å². The second kappa shape index (κ2) is 11.1. The fourth-order valence-electron chi connectivity index (χ4n) is 3.08. The molecule has 0 aromatic heterocycles. The van der Waals surface area contributed by atoms with Crippen LogP contribution in [0.25, 0.3) is 0 Å². The smallest absolute Gasteiger partial charge is 0.220 e. The van der Waals surface area contributed by atoms with Gasteiger partial charge < -0.3 is 10.4 Å². The van der Waals surface area contributed by atoms with E-state index in [0.717, 1.165) is 18.4 Å². The van der Waals surface area contributed by atoms with Crippen LogP contribution in [-0.4, -0.2) is 33.7 Å². The summed E-state index contributed by atoms with van der Waals surface area (Å²) < 4.78 is 0.575. The van der Waals surface area contributed by atoms with Crippen molar-refractivity contribution < 1.29 is 9.90 Å². The van der Waals surface area contributed by atoms with Crippen molar-refractivity contribution in [3.63, 3.8) is 0 Å². The summed E-state index contributed by atoms with van der Waals surface area (Å²) in [5.74, 6) is 3.03. The van der Waals surface area contributed by atoms with E-state index in [0.29, 0.717) is 17.5 Å². The molecule has 0 aliphatic carbocycles. The van der Waals surface area contributed by atoms with Crippen molar-refractivity contribution in [2.45, 2.75) is 43.7 Å². The molecular weight excluding hydrogens is 338 g/mol.